The molecule has 0 spiro atoms. The normalized spacial score (nSPS) is 11.4. The molecule has 116 valence electrons. The molecule has 0 aliphatic rings. The summed E-state index contributed by atoms with van der Waals surface area (Å²) < 4.78 is 27.3. The molecule has 0 atom stereocenters. The fourth-order valence-electron chi connectivity index (χ4n) is 2.41. The fourth-order valence-corrected chi connectivity index (χ4v) is 3.95. The Morgan fingerprint density at radius 2 is 1.95 bits per heavy atom. The Kier molecular flexibility index (Phi) is 5.69. The van der Waals surface area contributed by atoms with Crippen molar-refractivity contribution >= 4 is 16.0 Å². The lowest BCUT2D eigenvalue weighted by Gasteiger charge is -2.17. The van der Waals surface area contributed by atoms with Crippen molar-refractivity contribution in [1.29, 1.82) is 0 Å². The van der Waals surface area contributed by atoms with Crippen molar-refractivity contribution in [3.8, 4) is 0 Å². The quantitative estimate of drug-likeness (QED) is 0.596. The van der Waals surface area contributed by atoms with Crippen LogP contribution in [0.3, 0.4) is 0 Å². The number of benzene rings is 1. The van der Waals surface area contributed by atoms with Gasteiger partial charge in [0.15, 0.2) is 0 Å². The molecule has 0 heterocycles. The summed E-state index contributed by atoms with van der Waals surface area (Å²) in [5.41, 5.74) is 2.46. The zero-order valence-corrected chi connectivity index (χ0v) is 13.4. The maximum absolute atomic E-state index is 12.4. The van der Waals surface area contributed by atoms with Gasteiger partial charge in [0.2, 0.25) is 10.0 Å². The van der Waals surface area contributed by atoms with Crippen LogP contribution in [0.1, 0.15) is 28.7 Å². The van der Waals surface area contributed by atoms with Gasteiger partial charge in [-0.2, -0.15) is 0 Å². The van der Waals surface area contributed by atoms with Crippen LogP contribution in [-0.4, -0.2) is 26.0 Å². The van der Waals surface area contributed by atoms with Crippen molar-refractivity contribution in [3.63, 3.8) is 0 Å². The van der Waals surface area contributed by atoms with Crippen LogP contribution in [0.2, 0.25) is 0 Å². The van der Waals surface area contributed by atoms with Gasteiger partial charge in [-0.05, 0) is 49.4 Å². The summed E-state index contributed by atoms with van der Waals surface area (Å²) in [6.45, 7) is 8.98. The van der Waals surface area contributed by atoms with Gasteiger partial charge in [0, 0.05) is 6.54 Å². The minimum Gasteiger partial charge on any atom is -0.481 e. The molecule has 21 heavy (non-hydrogen) atoms. The van der Waals surface area contributed by atoms with Crippen molar-refractivity contribution in [1.82, 2.24) is 4.72 Å². The summed E-state index contributed by atoms with van der Waals surface area (Å²) in [6.07, 6.45) is 1.98. The second-order valence-corrected chi connectivity index (χ2v) is 6.69. The molecule has 0 aliphatic carbocycles. The minimum absolute atomic E-state index is 0.174. The predicted octanol–water partition coefficient (Wildman–Crippen LogP) is 2.09. The molecule has 5 nitrogen and oxygen atoms in total. The molecule has 0 aromatic heterocycles. The Hall–Kier alpha value is -1.66. The molecular formula is C15H21NO4S. The smallest absolute Gasteiger partial charge is 0.307 e. The predicted molar refractivity (Wildman–Crippen MR) is 82.0 cm³/mol. The Morgan fingerprint density at radius 1 is 1.33 bits per heavy atom. The number of hydrogen-bond acceptors (Lipinski definition) is 3. The van der Waals surface area contributed by atoms with E-state index in [-0.39, 0.29) is 17.9 Å². The van der Waals surface area contributed by atoms with E-state index < -0.39 is 16.0 Å². The van der Waals surface area contributed by atoms with Crippen LogP contribution in [0.25, 0.3) is 0 Å². The van der Waals surface area contributed by atoms with Crippen molar-refractivity contribution in [2.45, 2.75) is 38.5 Å². The first-order chi connectivity index (χ1) is 9.70. The Balaban J connectivity index is 3.35. The van der Waals surface area contributed by atoms with Gasteiger partial charge in [0.05, 0.1) is 11.3 Å². The number of aryl methyl sites for hydroxylation is 2. The second kappa shape index (κ2) is 6.87. The lowest BCUT2D eigenvalue weighted by molar-refractivity contribution is -0.136. The highest BCUT2D eigenvalue weighted by atomic mass is 32.2. The topological polar surface area (TPSA) is 83.5 Å². The van der Waals surface area contributed by atoms with Gasteiger partial charge < -0.3 is 5.11 Å². The van der Waals surface area contributed by atoms with E-state index in [2.05, 4.69) is 11.3 Å². The van der Waals surface area contributed by atoms with Gasteiger partial charge in [0.1, 0.15) is 0 Å². The third kappa shape index (κ3) is 4.15. The number of rotatable bonds is 7. The van der Waals surface area contributed by atoms with E-state index in [0.717, 1.165) is 5.56 Å². The van der Waals surface area contributed by atoms with E-state index in [1.165, 1.54) is 0 Å². The van der Waals surface area contributed by atoms with Crippen LogP contribution < -0.4 is 4.72 Å². The highest BCUT2D eigenvalue weighted by Crippen LogP contribution is 2.26. The highest BCUT2D eigenvalue weighted by molar-refractivity contribution is 7.89. The molecule has 0 aliphatic heterocycles. The molecule has 0 saturated carbocycles. The number of carboxylic acids is 1. The summed E-state index contributed by atoms with van der Waals surface area (Å²) in [5.74, 6) is -0.979. The molecule has 0 unspecified atom stereocenters. The van der Waals surface area contributed by atoms with E-state index in [0.29, 0.717) is 23.1 Å². The first-order valence-corrected chi connectivity index (χ1v) is 8.11. The van der Waals surface area contributed by atoms with Crippen molar-refractivity contribution in [2.75, 3.05) is 6.54 Å². The Bertz CT molecular complexity index is 663. The average Bonchev–Trinajstić information content (AvgIpc) is 2.33. The highest BCUT2D eigenvalue weighted by Gasteiger charge is 2.23. The third-order valence-corrected chi connectivity index (χ3v) is 5.05. The van der Waals surface area contributed by atoms with E-state index in [1.807, 2.05) is 0 Å². The number of sulfonamides is 1. The van der Waals surface area contributed by atoms with Gasteiger partial charge in [-0.25, -0.2) is 13.1 Å². The zero-order chi connectivity index (χ0) is 16.2. The summed E-state index contributed by atoms with van der Waals surface area (Å²) >= 11 is 0. The number of carboxylic acid groups (broad SMARTS) is 1. The molecular weight excluding hydrogens is 290 g/mol. The van der Waals surface area contributed by atoms with Crippen molar-refractivity contribution in [3.05, 3.63) is 41.0 Å². The maximum atomic E-state index is 12.4. The standard InChI is InChI=1S/C15H21NO4S/c1-5-6-7-16-21(19,20)15-11(3)8-10(2)13(12(15)4)9-14(17)18/h5,8,16H,1,6-7,9H2,2-4H3,(H,17,18). The van der Waals surface area contributed by atoms with Crippen LogP contribution >= 0.6 is 0 Å². The van der Waals surface area contributed by atoms with E-state index in [1.54, 1.807) is 32.9 Å². The summed E-state index contributed by atoms with van der Waals surface area (Å²) in [6, 6.07) is 1.72. The zero-order valence-electron chi connectivity index (χ0n) is 12.6. The number of nitrogens with one attached hydrogen (secondary N) is 1. The van der Waals surface area contributed by atoms with Crippen LogP contribution in [-0.2, 0) is 21.2 Å². The van der Waals surface area contributed by atoms with Crippen LogP contribution in [0.4, 0.5) is 0 Å². The van der Waals surface area contributed by atoms with Gasteiger partial charge >= 0.3 is 5.97 Å². The summed E-state index contributed by atoms with van der Waals surface area (Å²) in [7, 11) is -3.66. The van der Waals surface area contributed by atoms with Gasteiger partial charge in [-0.3, -0.25) is 4.79 Å². The Labute approximate surface area is 125 Å². The van der Waals surface area contributed by atoms with Gasteiger partial charge in [0.25, 0.3) is 0 Å². The molecule has 2 N–H and O–H groups in total. The summed E-state index contributed by atoms with van der Waals surface area (Å²) in [4.78, 5) is 11.1. The Morgan fingerprint density at radius 3 is 2.48 bits per heavy atom. The average molecular weight is 311 g/mol. The van der Waals surface area contributed by atoms with Crippen molar-refractivity contribution < 1.29 is 18.3 Å². The van der Waals surface area contributed by atoms with Crippen LogP contribution in [0.15, 0.2) is 23.6 Å². The monoisotopic (exact) mass is 311 g/mol. The van der Waals surface area contributed by atoms with Gasteiger partial charge in [-0.15, -0.1) is 6.58 Å². The molecule has 1 aromatic rings. The maximum Gasteiger partial charge on any atom is 0.307 e. The molecule has 0 amide bonds. The third-order valence-electron chi connectivity index (χ3n) is 3.30. The van der Waals surface area contributed by atoms with Crippen LogP contribution in [0.5, 0.6) is 0 Å². The largest absolute Gasteiger partial charge is 0.481 e. The van der Waals surface area contributed by atoms with E-state index >= 15 is 0 Å². The second-order valence-electron chi connectivity index (χ2n) is 4.99. The van der Waals surface area contributed by atoms with E-state index in [9.17, 15) is 13.2 Å². The summed E-state index contributed by atoms with van der Waals surface area (Å²) in [5, 5.41) is 8.98. The molecule has 0 bridgehead atoms. The van der Waals surface area contributed by atoms with Crippen molar-refractivity contribution in [2.24, 2.45) is 0 Å². The van der Waals surface area contributed by atoms with E-state index in [4.69, 9.17) is 5.11 Å². The molecule has 0 fully saturated rings. The van der Waals surface area contributed by atoms with Gasteiger partial charge in [-0.1, -0.05) is 12.1 Å². The molecule has 1 rings (SSSR count). The first-order valence-electron chi connectivity index (χ1n) is 6.62. The first kappa shape index (κ1) is 17.4. The molecule has 0 radical (unpaired) electrons. The van der Waals surface area contributed by atoms with Crippen LogP contribution in [0, 0.1) is 20.8 Å². The fraction of sp³-hybridized carbons (Fsp3) is 0.400. The molecule has 1 aromatic carbocycles. The molecule has 0 saturated heterocycles. The number of carbonyl (C=O) groups is 1. The number of hydrogen-bond donors (Lipinski definition) is 2. The minimum atomic E-state index is -3.66. The SMILES string of the molecule is C=CCCNS(=O)(=O)c1c(C)cc(C)c(CC(=O)O)c1C. The number of aliphatic carboxylic acids is 1. The molecule has 6 heteroatoms. The lowest BCUT2D eigenvalue weighted by atomic mass is 9.97. The lowest BCUT2D eigenvalue weighted by Crippen LogP contribution is -2.26.